The van der Waals surface area contributed by atoms with Crippen LogP contribution in [0.15, 0.2) is 35.1 Å². The van der Waals surface area contributed by atoms with Crippen molar-refractivity contribution in [2.24, 2.45) is 5.11 Å². The van der Waals surface area contributed by atoms with Gasteiger partial charge in [0.2, 0.25) is 5.70 Å². The molecular formula is C45H75N2+. The predicted octanol–water partition coefficient (Wildman–Crippen LogP) is 14.5. The van der Waals surface area contributed by atoms with E-state index < -0.39 is 0 Å². The largest absolute Gasteiger partial charge is 0.206 e. The summed E-state index contributed by atoms with van der Waals surface area (Å²) < 4.78 is 2.24. The van der Waals surface area contributed by atoms with Crippen LogP contribution in [0.4, 0.5) is 5.69 Å². The van der Waals surface area contributed by atoms with E-state index in [2.05, 4.69) is 90.4 Å². The maximum absolute atomic E-state index is 5.31. The van der Waals surface area contributed by atoms with E-state index in [1.807, 2.05) is 0 Å². The summed E-state index contributed by atoms with van der Waals surface area (Å²) in [7, 11) is 0. The van der Waals surface area contributed by atoms with Gasteiger partial charge in [-0.15, -0.1) is 0 Å². The molecule has 0 heterocycles. The first-order valence-electron chi connectivity index (χ1n) is 20.4. The van der Waals surface area contributed by atoms with Crippen molar-refractivity contribution in [3.8, 4) is 0 Å². The molecular weight excluding hydrogens is 569 g/mol. The van der Waals surface area contributed by atoms with Crippen LogP contribution in [0.5, 0.6) is 0 Å². The van der Waals surface area contributed by atoms with Crippen LogP contribution < -0.4 is 0 Å². The van der Waals surface area contributed by atoms with Crippen molar-refractivity contribution in [3.05, 3.63) is 68.9 Å². The lowest BCUT2D eigenvalue weighted by Crippen LogP contribution is -2.07. The molecule has 0 aromatic heterocycles. The van der Waals surface area contributed by atoms with Gasteiger partial charge < -0.3 is 0 Å². The molecule has 2 nitrogen and oxygen atoms in total. The molecule has 2 rings (SSSR count). The summed E-state index contributed by atoms with van der Waals surface area (Å²) in [5.74, 6) is 0. The third-order valence-electron chi connectivity index (χ3n) is 10.1. The molecule has 0 saturated carbocycles. The second-order valence-corrected chi connectivity index (χ2v) is 14.1. The Morgan fingerprint density at radius 2 is 0.979 bits per heavy atom. The molecule has 0 bridgehead atoms. The molecule has 0 fully saturated rings. The molecule has 2 heteroatoms. The van der Waals surface area contributed by atoms with Gasteiger partial charge in [0, 0.05) is 13.0 Å². The van der Waals surface area contributed by atoms with Crippen molar-refractivity contribution in [3.63, 3.8) is 0 Å². The Morgan fingerprint density at radius 1 is 0.511 bits per heavy atom. The average Bonchev–Trinajstić information content (AvgIpc) is 3.08. The van der Waals surface area contributed by atoms with Crippen LogP contribution in [0.3, 0.4) is 0 Å². The van der Waals surface area contributed by atoms with Crippen LogP contribution in [0.25, 0.3) is 6.08 Å². The summed E-state index contributed by atoms with van der Waals surface area (Å²) in [5.41, 5.74) is 13.2. The van der Waals surface area contributed by atoms with Crippen LogP contribution in [-0.2, 0) is 38.5 Å². The molecule has 2 aromatic rings. The maximum atomic E-state index is 5.31. The fraction of sp³-hybridized carbons (Fsp3) is 0.689. The van der Waals surface area contributed by atoms with Gasteiger partial charge in [0.15, 0.2) is 6.54 Å². The molecule has 0 atom stereocenters. The molecule has 0 amide bonds. The maximum Gasteiger partial charge on any atom is 0.206 e. The molecule has 0 saturated heterocycles. The minimum Gasteiger partial charge on any atom is -0.0885 e. The Labute approximate surface area is 292 Å². The number of azo groups is 2. The second kappa shape index (κ2) is 24.9. The van der Waals surface area contributed by atoms with Crippen LogP contribution >= 0.6 is 0 Å². The van der Waals surface area contributed by atoms with Crippen LogP contribution in [-0.4, -0.2) is 11.2 Å². The Balaban J connectivity index is 2.45. The smallest absolute Gasteiger partial charge is 0.0885 e. The van der Waals surface area contributed by atoms with Crippen LogP contribution in [0.1, 0.15) is 197 Å². The Hall–Kier alpha value is -2.22. The third kappa shape index (κ3) is 14.8. The normalized spacial score (nSPS) is 12.3. The van der Waals surface area contributed by atoms with Gasteiger partial charge in [-0.2, -0.15) is 0 Å². The molecule has 0 aliphatic carbocycles. The number of hydrogen-bond acceptors (Lipinski definition) is 1. The van der Waals surface area contributed by atoms with E-state index in [1.54, 1.807) is 22.3 Å². The van der Waals surface area contributed by atoms with Gasteiger partial charge in [-0.05, 0) is 127 Å². The zero-order chi connectivity index (χ0) is 34.3. The number of nitrogens with zero attached hydrogens (tertiary/aromatic N) is 2. The van der Waals surface area contributed by atoms with E-state index >= 15 is 0 Å². The number of rotatable bonds is 26. The summed E-state index contributed by atoms with van der Waals surface area (Å²) in [6, 6.07) is 9.84. The minimum absolute atomic E-state index is 0.870. The molecule has 0 radical (unpaired) electrons. The van der Waals surface area contributed by atoms with Crippen molar-refractivity contribution in [2.75, 3.05) is 6.54 Å². The van der Waals surface area contributed by atoms with Gasteiger partial charge in [-0.3, -0.25) is 0 Å². The molecule has 2 aromatic carbocycles. The molecule has 0 unspecified atom stereocenters. The number of benzene rings is 2. The lowest BCUT2D eigenvalue weighted by atomic mass is 9.89. The van der Waals surface area contributed by atoms with Crippen molar-refractivity contribution in [2.45, 2.75) is 197 Å². The molecule has 47 heavy (non-hydrogen) atoms. The second-order valence-electron chi connectivity index (χ2n) is 14.1. The van der Waals surface area contributed by atoms with Crippen LogP contribution in [0, 0.1) is 0 Å². The van der Waals surface area contributed by atoms with E-state index in [4.69, 9.17) is 5.11 Å². The quantitative estimate of drug-likeness (QED) is 0.0551. The fourth-order valence-electron chi connectivity index (χ4n) is 7.29. The van der Waals surface area contributed by atoms with Crippen molar-refractivity contribution >= 4 is 11.8 Å². The van der Waals surface area contributed by atoms with Gasteiger partial charge in [-0.1, -0.05) is 135 Å². The lowest BCUT2D eigenvalue weighted by molar-refractivity contribution is -0.537. The highest BCUT2D eigenvalue weighted by molar-refractivity contribution is 5.56. The zero-order valence-electron chi connectivity index (χ0n) is 32.5. The summed E-state index contributed by atoms with van der Waals surface area (Å²) in [4.78, 5) is 0. The van der Waals surface area contributed by atoms with E-state index in [0.29, 0.717) is 0 Å². The first kappa shape index (κ1) is 41.0. The van der Waals surface area contributed by atoms with E-state index in [0.717, 1.165) is 31.5 Å². The lowest BCUT2D eigenvalue weighted by Gasteiger charge is -2.16. The summed E-state index contributed by atoms with van der Waals surface area (Å²) in [6.07, 6.45) is 30.6. The first-order valence-corrected chi connectivity index (χ1v) is 20.4. The highest BCUT2D eigenvalue weighted by Gasteiger charge is 2.16. The standard InChI is InChI=1S/C45H75N2/c1-9-16-20-23-24-27-31-45-39(13-5)33-38(34-40(45)29-25-21-17-10-2)32-37(8)47(15-7)46-43-35-41(28-19-12-4)44(14-6)42(36-43)30-26-22-18-11-3/h32-36H,9-31H2,1-8H3/q+1. The van der Waals surface area contributed by atoms with Gasteiger partial charge in [-0.25, -0.2) is 0 Å². The topological polar surface area (TPSA) is 15.4 Å². The molecule has 0 spiro atoms. The van der Waals surface area contributed by atoms with Crippen molar-refractivity contribution < 1.29 is 4.70 Å². The highest BCUT2D eigenvalue weighted by Crippen LogP contribution is 2.29. The molecule has 0 aliphatic heterocycles. The first-order chi connectivity index (χ1) is 23.0. The summed E-state index contributed by atoms with van der Waals surface area (Å²) in [5, 5.41) is 5.31. The van der Waals surface area contributed by atoms with E-state index in [-0.39, 0.29) is 0 Å². The fourth-order valence-corrected chi connectivity index (χ4v) is 7.29. The van der Waals surface area contributed by atoms with Crippen molar-refractivity contribution in [1.82, 2.24) is 0 Å². The van der Waals surface area contributed by atoms with Crippen molar-refractivity contribution in [1.29, 1.82) is 0 Å². The number of hydrogen-bond donors (Lipinski definition) is 0. The number of allylic oxidation sites excluding steroid dienone is 1. The van der Waals surface area contributed by atoms with Gasteiger partial charge in [0.25, 0.3) is 0 Å². The Bertz CT molecular complexity index is 1200. The van der Waals surface area contributed by atoms with Crippen LogP contribution in [0.2, 0.25) is 0 Å². The number of aryl methyl sites for hydroxylation is 4. The third-order valence-corrected chi connectivity index (χ3v) is 10.1. The van der Waals surface area contributed by atoms with E-state index in [9.17, 15) is 0 Å². The number of unbranched alkanes of at least 4 members (excludes halogenated alkanes) is 12. The monoisotopic (exact) mass is 644 g/mol. The predicted molar refractivity (Wildman–Crippen MR) is 210 cm³/mol. The zero-order valence-corrected chi connectivity index (χ0v) is 32.5. The minimum atomic E-state index is 0.870. The Kier molecular flexibility index (Phi) is 21.7. The summed E-state index contributed by atoms with van der Waals surface area (Å²) >= 11 is 0. The molecule has 0 N–H and O–H groups in total. The summed E-state index contributed by atoms with van der Waals surface area (Å²) in [6.45, 7) is 19.3. The SMILES string of the molecule is CCCCCCCCc1c(CC)cc(C=C(C)[N+](CC)=Nc2cc(CCCC)c(CC)c(CCCCCC)c2)cc1CCCCCC. The highest BCUT2D eigenvalue weighted by atomic mass is 15.3. The molecule has 0 aliphatic rings. The van der Waals surface area contributed by atoms with Gasteiger partial charge >= 0.3 is 0 Å². The van der Waals surface area contributed by atoms with Gasteiger partial charge in [0.05, 0.1) is 0 Å². The van der Waals surface area contributed by atoms with Gasteiger partial charge in [0.1, 0.15) is 5.69 Å². The molecule has 264 valence electrons. The Morgan fingerprint density at radius 3 is 1.51 bits per heavy atom. The average molecular weight is 644 g/mol. The van der Waals surface area contributed by atoms with E-state index in [1.165, 1.54) is 144 Å².